The van der Waals surface area contributed by atoms with E-state index in [1.807, 2.05) is 0 Å². The minimum absolute atomic E-state index is 0.194. The molecule has 1 aromatic rings. The molecule has 90 valence electrons. The molecule has 0 unspecified atom stereocenters. The topological polar surface area (TPSA) is 126 Å². The van der Waals surface area contributed by atoms with Gasteiger partial charge in [-0.2, -0.15) is 16.8 Å². The predicted molar refractivity (Wildman–Crippen MR) is 55.5 cm³/mol. The molecule has 0 fully saturated rings. The normalized spacial score (nSPS) is 12.9. The molecular formula is C6H6O7S3. The van der Waals surface area contributed by atoms with E-state index in [1.54, 1.807) is 0 Å². The molecule has 0 aliphatic carbocycles. The first-order valence-corrected chi connectivity index (χ1v) is 7.53. The first-order valence-electron chi connectivity index (χ1n) is 3.64. The Balaban J connectivity index is 3.31. The van der Waals surface area contributed by atoms with Crippen LogP contribution in [0, 0.1) is 0 Å². The highest BCUT2D eigenvalue weighted by atomic mass is 32.3. The highest BCUT2D eigenvalue weighted by molar-refractivity contribution is 8.05. The van der Waals surface area contributed by atoms with Crippen LogP contribution in [0.15, 0.2) is 17.5 Å². The highest BCUT2D eigenvalue weighted by Crippen LogP contribution is 2.18. The Labute approximate surface area is 95.2 Å². The molecule has 0 bridgehead atoms. The summed E-state index contributed by atoms with van der Waals surface area (Å²) in [6, 6.07) is 2.57. The maximum Gasteiger partial charge on any atom is 0.292 e. The van der Waals surface area contributed by atoms with Crippen molar-refractivity contribution in [2.75, 3.05) is 0 Å². The Morgan fingerprint density at radius 3 is 2.00 bits per heavy atom. The van der Waals surface area contributed by atoms with Gasteiger partial charge in [0.15, 0.2) is 0 Å². The van der Waals surface area contributed by atoms with Crippen LogP contribution < -0.4 is 0 Å². The molecule has 0 amide bonds. The maximum atomic E-state index is 11.4. The quantitative estimate of drug-likeness (QED) is 0.590. The van der Waals surface area contributed by atoms with Gasteiger partial charge >= 0.3 is 0 Å². The van der Waals surface area contributed by atoms with Gasteiger partial charge in [0, 0.05) is 0 Å². The fourth-order valence-electron chi connectivity index (χ4n) is 0.959. The van der Waals surface area contributed by atoms with Crippen molar-refractivity contribution < 1.29 is 30.7 Å². The molecule has 1 aromatic heterocycles. The van der Waals surface area contributed by atoms with Crippen molar-refractivity contribution in [3.8, 4) is 0 Å². The van der Waals surface area contributed by atoms with Crippen LogP contribution >= 0.6 is 11.3 Å². The SMILES string of the molecule is O=C(c1cccs1)C(S(=O)(=O)O)S(=O)(=O)O. The van der Waals surface area contributed by atoms with Gasteiger partial charge in [0.05, 0.1) is 4.88 Å². The summed E-state index contributed by atoms with van der Waals surface area (Å²) < 4.78 is 57.2. The average Bonchev–Trinajstić information content (AvgIpc) is 2.48. The van der Waals surface area contributed by atoms with E-state index in [0.29, 0.717) is 0 Å². The molecule has 0 aliphatic heterocycles. The van der Waals surface area contributed by atoms with Gasteiger partial charge < -0.3 is 0 Å². The van der Waals surface area contributed by atoms with E-state index in [4.69, 9.17) is 9.11 Å². The van der Waals surface area contributed by atoms with Crippen molar-refractivity contribution in [3.63, 3.8) is 0 Å². The number of carbonyl (C=O) groups is 1. The van der Waals surface area contributed by atoms with Gasteiger partial charge in [0.25, 0.3) is 24.8 Å². The van der Waals surface area contributed by atoms with Crippen molar-refractivity contribution in [1.29, 1.82) is 0 Å². The number of hydrogen-bond donors (Lipinski definition) is 2. The summed E-state index contributed by atoms with van der Waals surface area (Å²) in [4.78, 5) is 11.2. The van der Waals surface area contributed by atoms with Crippen LogP contribution in [-0.4, -0.2) is 36.3 Å². The summed E-state index contributed by atoms with van der Waals surface area (Å²) in [5, 5.41) is 1.41. The van der Waals surface area contributed by atoms with Crippen molar-refractivity contribution in [2.45, 2.75) is 4.58 Å². The number of hydrogen-bond acceptors (Lipinski definition) is 6. The lowest BCUT2D eigenvalue weighted by Gasteiger charge is -2.07. The summed E-state index contributed by atoms with van der Waals surface area (Å²) >= 11 is 0.791. The van der Waals surface area contributed by atoms with E-state index in [2.05, 4.69) is 0 Å². The lowest BCUT2D eigenvalue weighted by Crippen LogP contribution is -2.37. The molecule has 0 aromatic carbocycles. The van der Waals surface area contributed by atoms with Gasteiger partial charge in [-0.05, 0) is 11.4 Å². The summed E-state index contributed by atoms with van der Waals surface area (Å²) in [5.41, 5.74) is 0. The first-order chi connectivity index (χ1) is 7.14. The Morgan fingerprint density at radius 2 is 1.69 bits per heavy atom. The third-order valence-electron chi connectivity index (χ3n) is 1.52. The van der Waals surface area contributed by atoms with Crippen molar-refractivity contribution in [2.24, 2.45) is 0 Å². The van der Waals surface area contributed by atoms with Crippen LogP contribution in [0.3, 0.4) is 0 Å². The Bertz CT molecular complexity index is 548. The molecule has 0 atom stereocenters. The second-order valence-corrected chi connectivity index (χ2v) is 6.95. The molecule has 1 rings (SSSR count). The number of ketones is 1. The molecule has 2 N–H and O–H groups in total. The minimum atomic E-state index is -5.23. The summed E-state index contributed by atoms with van der Waals surface area (Å²) in [7, 11) is -10.5. The smallest absolute Gasteiger partial charge is 0.290 e. The lowest BCUT2D eigenvalue weighted by molar-refractivity contribution is 0.101. The second-order valence-electron chi connectivity index (χ2n) is 2.70. The second kappa shape index (κ2) is 4.22. The average molecular weight is 286 g/mol. The van der Waals surface area contributed by atoms with Gasteiger partial charge in [0.2, 0.25) is 5.78 Å². The molecule has 1 heterocycles. The maximum absolute atomic E-state index is 11.4. The predicted octanol–water partition coefficient (Wildman–Crippen LogP) is 0.0325. The Morgan fingerprint density at radius 1 is 1.19 bits per heavy atom. The monoisotopic (exact) mass is 286 g/mol. The highest BCUT2D eigenvalue weighted by Gasteiger charge is 2.43. The molecule has 16 heavy (non-hydrogen) atoms. The van der Waals surface area contributed by atoms with Crippen LogP contribution in [0.1, 0.15) is 9.67 Å². The van der Waals surface area contributed by atoms with E-state index in [1.165, 1.54) is 17.5 Å². The number of thiophene rings is 1. The molecule has 7 nitrogen and oxygen atoms in total. The lowest BCUT2D eigenvalue weighted by atomic mass is 10.3. The largest absolute Gasteiger partial charge is 0.292 e. The first kappa shape index (κ1) is 13.3. The molecule has 0 saturated carbocycles. The number of carbonyl (C=O) groups excluding carboxylic acids is 1. The molecule has 0 spiro atoms. The van der Waals surface area contributed by atoms with Crippen molar-refractivity contribution in [1.82, 2.24) is 0 Å². The van der Waals surface area contributed by atoms with E-state index in [0.717, 1.165) is 11.3 Å². The van der Waals surface area contributed by atoms with E-state index in [-0.39, 0.29) is 4.88 Å². The van der Waals surface area contributed by atoms with E-state index < -0.39 is 30.6 Å². The number of Topliss-reactive ketones (excluding diaryl/α,β-unsaturated/α-hetero) is 1. The van der Waals surface area contributed by atoms with Crippen LogP contribution in [0.2, 0.25) is 0 Å². The van der Waals surface area contributed by atoms with E-state index >= 15 is 0 Å². The fourth-order valence-corrected chi connectivity index (χ4v) is 3.83. The molecule has 0 radical (unpaired) electrons. The summed E-state index contributed by atoms with van der Waals surface area (Å²) in [6.45, 7) is 0. The van der Waals surface area contributed by atoms with Gasteiger partial charge in [-0.25, -0.2) is 0 Å². The van der Waals surface area contributed by atoms with Crippen LogP contribution in [0.25, 0.3) is 0 Å². The zero-order chi connectivity index (χ0) is 12.6. The van der Waals surface area contributed by atoms with Gasteiger partial charge in [-0.3, -0.25) is 13.9 Å². The zero-order valence-electron chi connectivity index (χ0n) is 7.47. The van der Waals surface area contributed by atoms with Crippen molar-refractivity contribution >= 4 is 37.4 Å². The summed E-state index contributed by atoms with van der Waals surface area (Å²) in [5.74, 6) is -1.39. The van der Waals surface area contributed by atoms with Gasteiger partial charge in [0.1, 0.15) is 0 Å². The number of rotatable bonds is 4. The van der Waals surface area contributed by atoms with Gasteiger partial charge in [-0.15, -0.1) is 11.3 Å². The summed E-state index contributed by atoms with van der Waals surface area (Å²) in [6.07, 6.45) is 0. The van der Waals surface area contributed by atoms with Crippen LogP contribution in [0.5, 0.6) is 0 Å². The molecule has 0 saturated heterocycles. The molecule has 0 aliphatic rings. The standard InChI is InChI=1S/C6H6O7S3/c7-5(4-2-1-3-14-4)6(15(8,9)10)16(11,12)13/h1-3,6H,(H,8,9,10)(H,11,12,13). The Hall–Kier alpha value is -0.810. The van der Waals surface area contributed by atoms with Crippen molar-refractivity contribution in [3.05, 3.63) is 22.4 Å². The Kier molecular flexibility index (Phi) is 3.50. The fraction of sp³-hybridized carbons (Fsp3) is 0.167. The van der Waals surface area contributed by atoms with E-state index in [9.17, 15) is 21.6 Å². The van der Waals surface area contributed by atoms with Gasteiger partial charge in [-0.1, -0.05) is 6.07 Å². The molecular weight excluding hydrogens is 280 g/mol. The molecule has 10 heteroatoms. The van der Waals surface area contributed by atoms with Crippen LogP contribution in [-0.2, 0) is 20.2 Å². The third kappa shape index (κ3) is 2.86. The minimum Gasteiger partial charge on any atom is -0.290 e. The van der Waals surface area contributed by atoms with Crippen LogP contribution in [0.4, 0.5) is 0 Å². The third-order valence-corrected chi connectivity index (χ3v) is 5.37. The zero-order valence-corrected chi connectivity index (χ0v) is 9.92.